The van der Waals surface area contributed by atoms with Gasteiger partial charge in [0, 0.05) is 15.9 Å². The number of aromatic nitrogens is 1. The van der Waals surface area contributed by atoms with Crippen LogP contribution in [0.3, 0.4) is 0 Å². The van der Waals surface area contributed by atoms with Crippen molar-refractivity contribution in [1.29, 1.82) is 0 Å². The normalized spacial score (nSPS) is 13.8. The summed E-state index contributed by atoms with van der Waals surface area (Å²) < 4.78 is 0.181. The van der Waals surface area contributed by atoms with Crippen molar-refractivity contribution in [2.75, 3.05) is 0 Å². The first-order chi connectivity index (χ1) is 7.29. The summed E-state index contributed by atoms with van der Waals surface area (Å²) in [6, 6.07) is -1.01. The van der Waals surface area contributed by atoms with E-state index in [4.69, 9.17) is 10.8 Å². The van der Waals surface area contributed by atoms with Crippen molar-refractivity contribution < 1.29 is 9.90 Å². The molecule has 0 radical (unpaired) electrons. The monoisotopic (exact) mass is 260 g/mol. The summed E-state index contributed by atoms with van der Waals surface area (Å²) in [7, 11) is 0. The summed E-state index contributed by atoms with van der Waals surface area (Å²) in [5, 5.41) is 11.4. The van der Waals surface area contributed by atoms with E-state index in [9.17, 15) is 4.79 Å². The molecular formula is C10H16N2O2S2. The van der Waals surface area contributed by atoms with Crippen LogP contribution in [0.25, 0.3) is 0 Å². The molecule has 90 valence electrons. The van der Waals surface area contributed by atoms with E-state index in [1.165, 1.54) is 11.3 Å². The largest absolute Gasteiger partial charge is 0.480 e. The molecule has 1 aromatic rings. The van der Waals surface area contributed by atoms with Gasteiger partial charge in [0.15, 0.2) is 0 Å². The van der Waals surface area contributed by atoms with Gasteiger partial charge in [-0.05, 0) is 0 Å². The summed E-state index contributed by atoms with van der Waals surface area (Å²) in [4.78, 5) is 14.9. The molecular weight excluding hydrogens is 244 g/mol. The second-order valence-electron chi connectivity index (χ2n) is 4.38. The Morgan fingerprint density at radius 2 is 2.31 bits per heavy atom. The van der Waals surface area contributed by atoms with Crippen molar-refractivity contribution in [3.63, 3.8) is 0 Å². The first kappa shape index (κ1) is 13.5. The third kappa shape index (κ3) is 4.11. The molecule has 0 spiro atoms. The third-order valence-electron chi connectivity index (χ3n) is 1.78. The number of carbonyl (C=O) groups is 1. The minimum Gasteiger partial charge on any atom is -0.480 e. The van der Waals surface area contributed by atoms with E-state index in [0.29, 0.717) is 5.69 Å². The molecule has 1 atom stereocenters. The van der Waals surface area contributed by atoms with Crippen LogP contribution in [0.1, 0.15) is 37.5 Å². The summed E-state index contributed by atoms with van der Waals surface area (Å²) in [6.07, 6.45) is 0. The molecule has 0 fully saturated rings. The lowest BCUT2D eigenvalue weighted by Gasteiger charge is -2.16. The van der Waals surface area contributed by atoms with E-state index in [2.05, 4.69) is 25.8 Å². The molecule has 3 N–H and O–H groups in total. The second kappa shape index (κ2) is 5.16. The van der Waals surface area contributed by atoms with Crippen LogP contribution in [0.2, 0.25) is 0 Å². The Labute approximate surface area is 103 Å². The van der Waals surface area contributed by atoms with Crippen LogP contribution in [-0.2, 0) is 10.5 Å². The number of rotatable bonds is 4. The molecule has 0 bridgehead atoms. The van der Waals surface area contributed by atoms with Gasteiger partial charge in [0.05, 0.1) is 5.69 Å². The van der Waals surface area contributed by atoms with E-state index in [1.54, 1.807) is 17.1 Å². The van der Waals surface area contributed by atoms with Crippen LogP contribution in [-0.4, -0.2) is 20.8 Å². The smallest absolute Gasteiger partial charge is 0.326 e. The number of nitrogens with two attached hydrogens (primary N) is 1. The third-order valence-corrected chi connectivity index (χ3v) is 4.12. The lowest BCUT2D eigenvalue weighted by Crippen LogP contribution is -2.20. The average molecular weight is 260 g/mol. The van der Waals surface area contributed by atoms with Crippen molar-refractivity contribution in [2.45, 2.75) is 37.3 Å². The SMILES string of the molecule is CC(C)(C)SCc1nc(C(N)C(=O)O)cs1. The van der Waals surface area contributed by atoms with Gasteiger partial charge in [0.2, 0.25) is 0 Å². The molecule has 0 saturated heterocycles. The Morgan fingerprint density at radius 3 is 2.81 bits per heavy atom. The van der Waals surface area contributed by atoms with Crippen molar-refractivity contribution in [2.24, 2.45) is 5.73 Å². The number of carboxylic acid groups (broad SMARTS) is 1. The van der Waals surface area contributed by atoms with E-state index < -0.39 is 12.0 Å². The highest BCUT2D eigenvalue weighted by molar-refractivity contribution is 7.99. The van der Waals surface area contributed by atoms with Gasteiger partial charge in [-0.2, -0.15) is 0 Å². The zero-order valence-electron chi connectivity index (χ0n) is 9.56. The number of nitrogens with zero attached hydrogens (tertiary/aromatic N) is 1. The van der Waals surface area contributed by atoms with Crippen molar-refractivity contribution >= 4 is 29.1 Å². The number of hydrogen-bond acceptors (Lipinski definition) is 5. The van der Waals surface area contributed by atoms with Crippen LogP contribution >= 0.6 is 23.1 Å². The van der Waals surface area contributed by atoms with Crippen LogP contribution in [0.15, 0.2) is 5.38 Å². The van der Waals surface area contributed by atoms with Gasteiger partial charge in [0.1, 0.15) is 11.0 Å². The molecule has 1 rings (SSSR count). The number of aliphatic carboxylic acids is 1. The van der Waals surface area contributed by atoms with Crippen LogP contribution < -0.4 is 5.73 Å². The number of hydrogen-bond donors (Lipinski definition) is 2. The van der Waals surface area contributed by atoms with Crippen LogP contribution in [0.5, 0.6) is 0 Å². The highest BCUT2D eigenvalue weighted by Gasteiger charge is 2.18. The maximum Gasteiger partial charge on any atom is 0.326 e. The first-order valence-electron chi connectivity index (χ1n) is 4.86. The summed E-state index contributed by atoms with van der Waals surface area (Å²) >= 11 is 3.24. The van der Waals surface area contributed by atoms with E-state index >= 15 is 0 Å². The van der Waals surface area contributed by atoms with Crippen molar-refractivity contribution in [3.8, 4) is 0 Å². The fourth-order valence-electron chi connectivity index (χ4n) is 0.939. The molecule has 0 aliphatic heterocycles. The Balaban J connectivity index is 2.62. The molecule has 6 heteroatoms. The topological polar surface area (TPSA) is 76.2 Å². The van der Waals surface area contributed by atoms with Gasteiger partial charge in [-0.25, -0.2) is 4.98 Å². The van der Waals surface area contributed by atoms with Crippen molar-refractivity contribution in [1.82, 2.24) is 4.98 Å². The van der Waals surface area contributed by atoms with E-state index in [0.717, 1.165) is 10.8 Å². The predicted molar refractivity (Wildman–Crippen MR) is 67.7 cm³/mol. The Kier molecular flexibility index (Phi) is 4.35. The van der Waals surface area contributed by atoms with Gasteiger partial charge in [0.25, 0.3) is 0 Å². The maximum atomic E-state index is 10.7. The predicted octanol–water partition coefficient (Wildman–Crippen LogP) is 2.26. The van der Waals surface area contributed by atoms with E-state index in [1.807, 2.05) is 0 Å². The second-order valence-corrected chi connectivity index (χ2v) is 7.13. The molecule has 0 amide bonds. The quantitative estimate of drug-likeness (QED) is 0.868. The highest BCUT2D eigenvalue weighted by atomic mass is 32.2. The van der Waals surface area contributed by atoms with Gasteiger partial charge in [-0.1, -0.05) is 20.8 Å². The molecule has 4 nitrogen and oxygen atoms in total. The zero-order chi connectivity index (χ0) is 12.3. The average Bonchev–Trinajstić information content (AvgIpc) is 2.60. The molecule has 0 saturated carbocycles. The summed E-state index contributed by atoms with van der Waals surface area (Å²) in [5.41, 5.74) is 5.92. The fraction of sp³-hybridized carbons (Fsp3) is 0.600. The summed E-state index contributed by atoms with van der Waals surface area (Å²) in [6.45, 7) is 6.40. The zero-order valence-corrected chi connectivity index (χ0v) is 11.2. The molecule has 1 aromatic heterocycles. The van der Waals surface area contributed by atoms with Crippen LogP contribution in [0, 0.1) is 0 Å². The molecule has 0 aliphatic rings. The van der Waals surface area contributed by atoms with Gasteiger partial charge in [-0.3, -0.25) is 4.79 Å². The Morgan fingerprint density at radius 1 is 1.69 bits per heavy atom. The minimum absolute atomic E-state index is 0.181. The molecule has 1 unspecified atom stereocenters. The first-order valence-corrected chi connectivity index (χ1v) is 6.73. The maximum absolute atomic E-state index is 10.7. The Bertz CT molecular complexity index is 371. The Hall–Kier alpha value is -0.590. The highest BCUT2D eigenvalue weighted by Crippen LogP contribution is 2.28. The lowest BCUT2D eigenvalue weighted by atomic mass is 10.2. The molecule has 1 heterocycles. The van der Waals surface area contributed by atoms with E-state index in [-0.39, 0.29) is 4.75 Å². The standard InChI is InChI=1S/C10H16N2O2S2/c1-10(2,3)16-5-7-12-6(4-15-7)8(11)9(13)14/h4,8H,5,11H2,1-3H3,(H,13,14). The minimum atomic E-state index is -1.04. The number of carboxylic acids is 1. The lowest BCUT2D eigenvalue weighted by molar-refractivity contribution is -0.138. The molecule has 16 heavy (non-hydrogen) atoms. The van der Waals surface area contributed by atoms with Crippen LogP contribution in [0.4, 0.5) is 0 Å². The van der Waals surface area contributed by atoms with Gasteiger partial charge < -0.3 is 10.8 Å². The molecule has 0 aliphatic carbocycles. The van der Waals surface area contributed by atoms with Crippen molar-refractivity contribution in [3.05, 3.63) is 16.1 Å². The number of thiazole rings is 1. The summed E-state index contributed by atoms with van der Waals surface area (Å²) in [5.74, 6) is -0.249. The van der Waals surface area contributed by atoms with Gasteiger partial charge in [-0.15, -0.1) is 23.1 Å². The fourth-order valence-corrected chi connectivity index (χ4v) is 2.62. The number of thioether (sulfide) groups is 1. The molecule has 0 aromatic carbocycles. The van der Waals surface area contributed by atoms with Gasteiger partial charge >= 0.3 is 5.97 Å².